The summed E-state index contributed by atoms with van der Waals surface area (Å²) in [7, 11) is 0. The largest absolute Gasteiger partial charge is 0.494 e. The monoisotopic (exact) mass is 1400 g/mol. The van der Waals surface area contributed by atoms with E-state index in [4.69, 9.17) is 73.1 Å². The molecule has 2 aliphatic heterocycles. The number of aromatic nitrogens is 2. The van der Waals surface area contributed by atoms with Crippen molar-refractivity contribution in [3.05, 3.63) is 97.1 Å². The molecule has 33 nitrogen and oxygen atoms in total. The van der Waals surface area contributed by atoms with Gasteiger partial charge in [-0.05, 0) is 91.1 Å². The van der Waals surface area contributed by atoms with Crippen LogP contribution in [0.4, 0.5) is 15.3 Å². The van der Waals surface area contributed by atoms with Crippen LogP contribution in [0.1, 0.15) is 87.6 Å². The summed E-state index contributed by atoms with van der Waals surface area (Å²) in [5.74, 6) is -2.62. The van der Waals surface area contributed by atoms with Crippen LogP contribution in [0, 0.1) is 5.92 Å². The normalized spacial score (nSPS) is 14.2. The smallest absolute Gasteiger partial charge is 0.407 e. The second kappa shape index (κ2) is 44.5. The van der Waals surface area contributed by atoms with Crippen molar-refractivity contribution in [3.8, 4) is 17.1 Å². The lowest BCUT2D eigenvalue weighted by Crippen LogP contribution is -2.54. The number of nitrogens with zero attached hydrogens (tertiary/aromatic N) is 5. The van der Waals surface area contributed by atoms with Crippen LogP contribution in [0.5, 0.6) is 5.75 Å². The molecule has 2 aliphatic rings. The molecule has 2 aromatic heterocycles. The first kappa shape index (κ1) is 80.4. The molecule has 0 saturated carbocycles. The number of azide groups is 1. The fourth-order valence-electron chi connectivity index (χ4n) is 10.5. The molecule has 0 unspecified atom stereocenters. The molecule has 0 spiro atoms. The standard InChI is InChI=1S/C67H96N12O21/c1-5-49-50-39-48(14-15-54(50)75-60-51(49)42-79-56(60)40-53-52(63(79)84)44-99-64(85)67(53,88)6-2)98-20-8-18-70-58(81)41-72-66(87)100-43-46-10-12-47(13-11-46)74-61(82)55(9-7-17-71-65(68)86)76-62(83)59(45(3)4)77-57(80)16-21-89-23-25-91-27-29-93-31-33-95-35-37-97-38-36-96-34-32-94-30-28-92-26-24-90-22-19-73-78-69/h10-15,39-40,45,55,59,88H,5-9,16-38,41-44H2,1-4H3,(H,70,81)(H,72,87)(H,74,82)(H,76,83)(H,77,80)(H3,68,71,86)/t55-,59-,67-/m0/s1. The number of fused-ring (bicyclic) bond motifs is 5. The Morgan fingerprint density at radius 2 is 1.30 bits per heavy atom. The van der Waals surface area contributed by atoms with Crippen LogP contribution in [0.25, 0.3) is 32.7 Å². The van der Waals surface area contributed by atoms with E-state index in [0.717, 1.165) is 16.5 Å². The van der Waals surface area contributed by atoms with E-state index in [1.807, 2.05) is 19.1 Å². The molecule has 550 valence electrons. The zero-order chi connectivity index (χ0) is 71.9. The first-order valence-corrected chi connectivity index (χ1v) is 33.6. The molecule has 0 bridgehead atoms. The Morgan fingerprint density at radius 1 is 0.710 bits per heavy atom. The number of rotatable bonds is 51. The summed E-state index contributed by atoms with van der Waals surface area (Å²) in [6.45, 7) is 14.4. The molecule has 9 N–H and O–H groups in total. The van der Waals surface area contributed by atoms with Crippen molar-refractivity contribution < 1.29 is 95.5 Å². The number of nitrogens with one attached hydrogen (secondary N) is 6. The third-order valence-corrected chi connectivity index (χ3v) is 15.7. The summed E-state index contributed by atoms with van der Waals surface area (Å²) in [5.41, 5.74) is 16.3. The quantitative estimate of drug-likeness (QED) is 0.00910. The molecule has 4 aromatic rings. The van der Waals surface area contributed by atoms with E-state index in [9.17, 15) is 43.5 Å². The molecule has 3 atom stereocenters. The van der Waals surface area contributed by atoms with Gasteiger partial charge in [0, 0.05) is 53.2 Å². The predicted octanol–water partition coefficient (Wildman–Crippen LogP) is 3.32. The van der Waals surface area contributed by atoms with Crippen LogP contribution in [0.2, 0.25) is 0 Å². The highest BCUT2D eigenvalue weighted by molar-refractivity contribution is 5.98. The fraction of sp³-hybridized carbons (Fsp3) is 0.597. The van der Waals surface area contributed by atoms with Crippen molar-refractivity contribution >= 4 is 58.3 Å². The van der Waals surface area contributed by atoms with Crippen LogP contribution >= 0.6 is 0 Å². The minimum Gasteiger partial charge on any atom is -0.494 e. The maximum Gasteiger partial charge on any atom is 0.407 e. The molecule has 0 fully saturated rings. The molecular formula is C67H96N12O21. The summed E-state index contributed by atoms with van der Waals surface area (Å²) >= 11 is 0. The second-order valence-electron chi connectivity index (χ2n) is 23.2. The Labute approximate surface area is 579 Å². The number of ether oxygens (including phenoxy) is 12. The molecule has 6 rings (SSSR count). The average molecular weight is 1410 g/mol. The minimum atomic E-state index is -1.93. The highest BCUT2D eigenvalue weighted by Crippen LogP contribution is 2.41. The zero-order valence-electron chi connectivity index (χ0n) is 57.4. The Morgan fingerprint density at radius 3 is 1.87 bits per heavy atom. The van der Waals surface area contributed by atoms with Gasteiger partial charge in [0.15, 0.2) is 5.60 Å². The summed E-state index contributed by atoms with van der Waals surface area (Å²) in [5, 5.41) is 31.4. The molecular weight excluding hydrogens is 1310 g/mol. The van der Waals surface area contributed by atoms with Gasteiger partial charge >= 0.3 is 18.1 Å². The highest BCUT2D eigenvalue weighted by atomic mass is 16.6. The van der Waals surface area contributed by atoms with Gasteiger partial charge in [-0.25, -0.2) is 19.4 Å². The third-order valence-electron chi connectivity index (χ3n) is 15.7. The Kier molecular flexibility index (Phi) is 35.8. The van der Waals surface area contributed by atoms with E-state index in [1.165, 1.54) is 0 Å². The third kappa shape index (κ3) is 26.8. The number of anilines is 1. The topological polar surface area (TPSA) is 432 Å². The zero-order valence-corrected chi connectivity index (χ0v) is 57.4. The number of aliphatic hydroxyl groups is 1. The van der Waals surface area contributed by atoms with E-state index < -0.39 is 59.4 Å². The van der Waals surface area contributed by atoms with Gasteiger partial charge in [-0.15, -0.1) is 0 Å². The van der Waals surface area contributed by atoms with Gasteiger partial charge in [0.05, 0.1) is 161 Å². The Balaban J connectivity index is 0.791. The van der Waals surface area contributed by atoms with Gasteiger partial charge < -0.3 is 104 Å². The van der Waals surface area contributed by atoms with Crippen molar-refractivity contribution in [1.29, 1.82) is 0 Å². The van der Waals surface area contributed by atoms with E-state index in [1.54, 1.807) is 61.7 Å². The lowest BCUT2D eigenvalue weighted by molar-refractivity contribution is -0.172. The van der Waals surface area contributed by atoms with E-state index in [-0.39, 0.29) is 114 Å². The number of amides is 7. The van der Waals surface area contributed by atoms with E-state index in [2.05, 4.69) is 41.9 Å². The van der Waals surface area contributed by atoms with Crippen LogP contribution < -0.4 is 47.9 Å². The maximum atomic E-state index is 13.7. The predicted molar refractivity (Wildman–Crippen MR) is 362 cm³/mol. The number of pyridine rings is 2. The summed E-state index contributed by atoms with van der Waals surface area (Å²) in [6.07, 6.45) is 0.622. The lowest BCUT2D eigenvalue weighted by atomic mass is 9.86. The summed E-state index contributed by atoms with van der Waals surface area (Å²) in [6, 6.07) is 10.8. The van der Waals surface area contributed by atoms with Crippen LogP contribution in [0.15, 0.2) is 58.4 Å². The SMILES string of the molecule is CCc1c2c(nc3ccc(OCCCNC(=O)CNC(=O)OCc4ccc(NC(=O)[C@H](CCCNC(N)=O)NC(=O)[C@@H](NC(=O)CCOCCOCCOCCOCCOCCOCCOCCOCCOCCN=[N+]=[N-])C(C)C)cc4)cc13)-c1cc3c(c(=O)n1C2)COC(=O)[C@]3(O)CC. The molecule has 33 heteroatoms. The first-order chi connectivity index (χ1) is 48.5. The van der Waals surface area contributed by atoms with Crippen molar-refractivity contribution in [1.82, 2.24) is 36.1 Å². The summed E-state index contributed by atoms with van der Waals surface area (Å²) in [4.78, 5) is 111. The number of hydrogen-bond donors (Lipinski definition) is 8. The van der Waals surface area contributed by atoms with E-state index in [0.29, 0.717) is 152 Å². The van der Waals surface area contributed by atoms with Gasteiger partial charge in [-0.3, -0.25) is 24.0 Å². The molecule has 7 amide bonds. The first-order valence-electron chi connectivity index (χ1n) is 33.6. The number of benzene rings is 2. The van der Waals surface area contributed by atoms with Crippen molar-refractivity contribution in [2.75, 3.05) is 157 Å². The molecule has 2 aromatic carbocycles. The molecule has 0 saturated heterocycles. The van der Waals surface area contributed by atoms with Gasteiger partial charge in [0.2, 0.25) is 23.6 Å². The number of aryl methyl sites for hydroxylation is 1. The van der Waals surface area contributed by atoms with E-state index >= 15 is 0 Å². The van der Waals surface area contributed by atoms with Gasteiger partial charge in [0.25, 0.3) is 5.56 Å². The number of carbonyl (C=O) groups excluding carboxylic acids is 7. The van der Waals surface area contributed by atoms with Gasteiger partial charge in [-0.1, -0.05) is 44.9 Å². The minimum absolute atomic E-state index is 0.0402. The Bertz CT molecular complexity index is 3390. The number of nitrogens with two attached hydrogens (primary N) is 1. The number of esters is 1. The molecule has 100 heavy (non-hydrogen) atoms. The van der Waals surface area contributed by atoms with Crippen molar-refractivity contribution in [2.45, 2.75) is 104 Å². The highest BCUT2D eigenvalue weighted by Gasteiger charge is 2.45. The number of hydrogen-bond acceptors (Lipinski definition) is 23. The maximum absolute atomic E-state index is 13.7. The number of carbonyl (C=O) groups is 7. The fourth-order valence-corrected chi connectivity index (χ4v) is 10.5. The van der Waals surface area contributed by atoms with Crippen LogP contribution in [-0.2, 0) is 108 Å². The van der Waals surface area contributed by atoms with Crippen LogP contribution in [-0.4, -0.2) is 220 Å². The number of primary amides is 1. The van der Waals surface area contributed by atoms with Gasteiger partial charge in [-0.2, -0.15) is 0 Å². The number of cyclic esters (lactones) is 1. The molecule has 0 aliphatic carbocycles. The number of urea groups is 1. The molecule has 4 heterocycles. The lowest BCUT2D eigenvalue weighted by Gasteiger charge is -2.31. The van der Waals surface area contributed by atoms with Crippen molar-refractivity contribution in [3.63, 3.8) is 0 Å². The van der Waals surface area contributed by atoms with Crippen molar-refractivity contribution in [2.24, 2.45) is 16.8 Å². The Hall–Kier alpha value is -8.60. The number of alkyl carbamates (subject to hydrolysis) is 1. The molecule has 0 radical (unpaired) electrons. The van der Waals surface area contributed by atoms with Gasteiger partial charge in [0.1, 0.15) is 31.0 Å². The van der Waals surface area contributed by atoms with Crippen LogP contribution in [0.3, 0.4) is 0 Å². The second-order valence-corrected chi connectivity index (χ2v) is 23.2. The average Bonchev–Trinajstić information content (AvgIpc) is 1.54. The summed E-state index contributed by atoms with van der Waals surface area (Å²) < 4.78 is 67.3.